The van der Waals surface area contributed by atoms with Gasteiger partial charge in [0.1, 0.15) is 11.7 Å². The van der Waals surface area contributed by atoms with Gasteiger partial charge >= 0.3 is 5.97 Å². The molecule has 3 heterocycles. The van der Waals surface area contributed by atoms with E-state index in [0.29, 0.717) is 25.2 Å². The second-order valence-electron chi connectivity index (χ2n) is 4.83. The molecule has 0 saturated carbocycles. The van der Waals surface area contributed by atoms with Gasteiger partial charge in [-0.2, -0.15) is 5.10 Å². The molecule has 7 nitrogen and oxygen atoms in total. The monoisotopic (exact) mass is 286 g/mol. The summed E-state index contributed by atoms with van der Waals surface area (Å²) in [5, 5.41) is 13.2. The molecule has 1 amide bonds. The minimum atomic E-state index is -0.968. The lowest BCUT2D eigenvalue weighted by Crippen LogP contribution is -2.40. The molecule has 21 heavy (non-hydrogen) atoms. The summed E-state index contributed by atoms with van der Waals surface area (Å²) in [4.78, 5) is 29.3. The third-order valence-electron chi connectivity index (χ3n) is 3.49. The third-order valence-corrected chi connectivity index (χ3v) is 3.49. The first-order chi connectivity index (χ1) is 10.2. The second kappa shape index (κ2) is 5.35. The number of aliphatic carboxylic acids is 1. The number of hydrogen-bond acceptors (Lipinski definition) is 4. The Labute approximate surface area is 120 Å². The van der Waals surface area contributed by atoms with E-state index in [1.54, 1.807) is 41.3 Å². The highest BCUT2D eigenvalue weighted by molar-refractivity contribution is 5.95. The van der Waals surface area contributed by atoms with Crippen LogP contribution in [0.25, 0.3) is 5.82 Å². The van der Waals surface area contributed by atoms with Gasteiger partial charge in [-0.25, -0.2) is 14.5 Å². The quantitative estimate of drug-likeness (QED) is 0.907. The minimum absolute atomic E-state index is 0.233. The molecular formula is C14H14N4O3. The van der Waals surface area contributed by atoms with Crippen LogP contribution in [0.3, 0.4) is 0 Å². The fourth-order valence-corrected chi connectivity index (χ4v) is 2.49. The lowest BCUT2D eigenvalue weighted by Gasteiger charge is -2.21. The highest BCUT2D eigenvalue weighted by Crippen LogP contribution is 2.20. The van der Waals surface area contributed by atoms with Gasteiger partial charge in [0.2, 0.25) is 0 Å². The van der Waals surface area contributed by atoms with Crippen LogP contribution in [0.4, 0.5) is 0 Å². The molecule has 3 rings (SSSR count). The Balaban J connectivity index is 1.88. The fourth-order valence-electron chi connectivity index (χ4n) is 2.49. The van der Waals surface area contributed by atoms with E-state index >= 15 is 0 Å². The molecule has 2 aromatic rings. The molecule has 1 saturated heterocycles. The largest absolute Gasteiger partial charge is 0.480 e. The van der Waals surface area contributed by atoms with E-state index in [9.17, 15) is 9.59 Å². The molecule has 1 aliphatic rings. The number of aromatic nitrogens is 3. The number of amides is 1. The molecule has 2 aromatic heterocycles. The van der Waals surface area contributed by atoms with Crippen molar-refractivity contribution in [1.29, 1.82) is 0 Å². The van der Waals surface area contributed by atoms with Gasteiger partial charge in [-0.3, -0.25) is 4.79 Å². The Morgan fingerprint density at radius 2 is 2.14 bits per heavy atom. The number of likely N-dealkylation sites (tertiary alicyclic amines) is 1. The summed E-state index contributed by atoms with van der Waals surface area (Å²) in [6.07, 6.45) is 4.53. The smallest absolute Gasteiger partial charge is 0.326 e. The number of rotatable bonds is 3. The molecule has 1 N–H and O–H groups in total. The lowest BCUT2D eigenvalue weighted by atomic mass is 10.2. The van der Waals surface area contributed by atoms with Gasteiger partial charge in [-0.05, 0) is 31.0 Å². The molecule has 0 aliphatic carbocycles. The average Bonchev–Trinajstić information content (AvgIpc) is 3.17. The van der Waals surface area contributed by atoms with Crippen molar-refractivity contribution in [2.45, 2.75) is 18.9 Å². The standard InChI is InChI=1S/C14H14N4O3/c19-13(17-8-2-5-11(17)14(20)21)10-4-1-6-12(16-10)18-9-3-7-15-18/h1,3-4,6-7,9,11H,2,5,8H2,(H,20,21)/t11-/m0/s1. The Morgan fingerprint density at radius 3 is 2.86 bits per heavy atom. The van der Waals surface area contributed by atoms with Crippen LogP contribution in [0.5, 0.6) is 0 Å². The Hall–Kier alpha value is -2.70. The SMILES string of the molecule is O=C(O)[C@@H]1CCCN1C(=O)c1cccc(-n2cccn2)n1. The number of carbonyl (C=O) groups excluding carboxylic acids is 1. The van der Waals surface area contributed by atoms with Crippen molar-refractivity contribution in [3.63, 3.8) is 0 Å². The second-order valence-corrected chi connectivity index (χ2v) is 4.83. The van der Waals surface area contributed by atoms with Crippen molar-refractivity contribution >= 4 is 11.9 Å². The number of carboxylic acid groups (broad SMARTS) is 1. The van der Waals surface area contributed by atoms with Crippen molar-refractivity contribution < 1.29 is 14.7 Å². The van der Waals surface area contributed by atoms with Crippen LogP contribution in [-0.2, 0) is 4.79 Å². The topological polar surface area (TPSA) is 88.3 Å². The molecule has 108 valence electrons. The first kappa shape index (κ1) is 13.3. The van der Waals surface area contributed by atoms with Crippen molar-refractivity contribution in [2.24, 2.45) is 0 Å². The molecule has 1 aliphatic heterocycles. The van der Waals surface area contributed by atoms with E-state index in [0.717, 1.165) is 0 Å². The van der Waals surface area contributed by atoms with Gasteiger partial charge in [-0.1, -0.05) is 6.07 Å². The first-order valence-corrected chi connectivity index (χ1v) is 6.67. The van der Waals surface area contributed by atoms with E-state index in [4.69, 9.17) is 5.11 Å². The number of carbonyl (C=O) groups is 2. The molecule has 0 unspecified atom stereocenters. The molecule has 0 aromatic carbocycles. The van der Waals surface area contributed by atoms with Gasteiger partial charge in [0, 0.05) is 18.9 Å². The maximum Gasteiger partial charge on any atom is 0.326 e. The van der Waals surface area contributed by atoms with E-state index in [-0.39, 0.29) is 11.6 Å². The summed E-state index contributed by atoms with van der Waals surface area (Å²) in [6.45, 7) is 0.448. The number of pyridine rings is 1. The van der Waals surface area contributed by atoms with Gasteiger partial charge in [0.05, 0.1) is 0 Å². The maximum absolute atomic E-state index is 12.5. The van der Waals surface area contributed by atoms with Crippen LogP contribution in [0.2, 0.25) is 0 Å². The number of nitrogens with zero attached hydrogens (tertiary/aromatic N) is 4. The summed E-state index contributed by atoms with van der Waals surface area (Å²) in [6, 6.07) is 6.04. The van der Waals surface area contributed by atoms with Gasteiger partial charge in [0.25, 0.3) is 5.91 Å². The Bertz CT molecular complexity index is 669. The van der Waals surface area contributed by atoms with E-state index in [2.05, 4.69) is 10.1 Å². The van der Waals surface area contributed by atoms with Crippen molar-refractivity contribution in [3.8, 4) is 5.82 Å². The third kappa shape index (κ3) is 2.49. The average molecular weight is 286 g/mol. The molecule has 0 radical (unpaired) electrons. The fraction of sp³-hybridized carbons (Fsp3) is 0.286. The molecule has 0 spiro atoms. The maximum atomic E-state index is 12.5. The molecule has 0 bridgehead atoms. The molecular weight excluding hydrogens is 272 g/mol. The van der Waals surface area contributed by atoms with Crippen LogP contribution in [0.1, 0.15) is 23.3 Å². The van der Waals surface area contributed by atoms with E-state index < -0.39 is 12.0 Å². The summed E-state index contributed by atoms with van der Waals surface area (Å²) in [7, 11) is 0. The number of hydrogen-bond donors (Lipinski definition) is 1. The van der Waals surface area contributed by atoms with Crippen molar-refractivity contribution in [3.05, 3.63) is 42.4 Å². The highest BCUT2D eigenvalue weighted by Gasteiger charge is 2.34. The number of carboxylic acids is 1. The van der Waals surface area contributed by atoms with Gasteiger partial charge < -0.3 is 10.0 Å². The zero-order chi connectivity index (χ0) is 14.8. The zero-order valence-corrected chi connectivity index (χ0v) is 11.2. The molecule has 1 fully saturated rings. The molecule has 1 atom stereocenters. The summed E-state index contributed by atoms with van der Waals surface area (Å²) >= 11 is 0. The summed E-state index contributed by atoms with van der Waals surface area (Å²) in [5.74, 6) is -0.796. The predicted molar refractivity (Wildman–Crippen MR) is 73.1 cm³/mol. The van der Waals surface area contributed by atoms with Gasteiger partial charge in [0.15, 0.2) is 5.82 Å². The van der Waals surface area contributed by atoms with Crippen LogP contribution < -0.4 is 0 Å². The van der Waals surface area contributed by atoms with Crippen molar-refractivity contribution in [1.82, 2.24) is 19.7 Å². The first-order valence-electron chi connectivity index (χ1n) is 6.67. The van der Waals surface area contributed by atoms with Gasteiger partial charge in [-0.15, -0.1) is 0 Å². The minimum Gasteiger partial charge on any atom is -0.480 e. The summed E-state index contributed by atoms with van der Waals surface area (Å²) in [5.41, 5.74) is 0.233. The lowest BCUT2D eigenvalue weighted by molar-refractivity contribution is -0.141. The Kier molecular flexibility index (Phi) is 3.39. The van der Waals surface area contributed by atoms with Crippen LogP contribution in [0, 0.1) is 0 Å². The molecule has 7 heteroatoms. The van der Waals surface area contributed by atoms with E-state index in [1.807, 2.05) is 0 Å². The van der Waals surface area contributed by atoms with Crippen LogP contribution in [0.15, 0.2) is 36.7 Å². The summed E-state index contributed by atoms with van der Waals surface area (Å²) < 4.78 is 1.55. The zero-order valence-electron chi connectivity index (χ0n) is 11.2. The van der Waals surface area contributed by atoms with Crippen LogP contribution >= 0.6 is 0 Å². The predicted octanol–water partition coefficient (Wildman–Crippen LogP) is 0.957. The van der Waals surface area contributed by atoms with Crippen LogP contribution in [-0.4, -0.2) is 49.2 Å². The Morgan fingerprint density at radius 1 is 1.29 bits per heavy atom. The highest BCUT2D eigenvalue weighted by atomic mass is 16.4. The van der Waals surface area contributed by atoms with E-state index in [1.165, 1.54) is 4.90 Å². The normalized spacial score (nSPS) is 17.9. The van der Waals surface area contributed by atoms with Crippen molar-refractivity contribution in [2.75, 3.05) is 6.54 Å².